The van der Waals surface area contributed by atoms with Crippen LogP contribution in [0.4, 0.5) is 0 Å². The highest BCUT2D eigenvalue weighted by Gasteiger charge is 2.28. The van der Waals surface area contributed by atoms with E-state index in [0.717, 1.165) is 38.0 Å². The molecule has 2 rings (SSSR count). The molecule has 1 saturated carbocycles. The van der Waals surface area contributed by atoms with Crippen molar-refractivity contribution in [1.82, 2.24) is 0 Å². The molecular formula is C15H23NO. The summed E-state index contributed by atoms with van der Waals surface area (Å²) in [7, 11) is 0. The molecular weight excluding hydrogens is 210 g/mol. The van der Waals surface area contributed by atoms with E-state index >= 15 is 0 Å². The van der Waals surface area contributed by atoms with Crippen LogP contribution in [-0.2, 0) is 6.42 Å². The van der Waals surface area contributed by atoms with E-state index in [1.165, 1.54) is 18.4 Å². The van der Waals surface area contributed by atoms with Crippen LogP contribution in [0.15, 0.2) is 24.3 Å². The number of hydrogen-bond acceptors (Lipinski definition) is 2. The summed E-state index contributed by atoms with van der Waals surface area (Å²) in [6, 6.07) is 8.36. The molecule has 1 aromatic carbocycles. The molecule has 1 aliphatic carbocycles. The lowest BCUT2D eigenvalue weighted by Crippen LogP contribution is -2.37. The SMILES string of the molecule is CCc1ccc(OCCC2(N)CCCC2)cc1. The van der Waals surface area contributed by atoms with E-state index in [9.17, 15) is 0 Å². The van der Waals surface area contributed by atoms with Crippen LogP contribution in [0.3, 0.4) is 0 Å². The number of benzene rings is 1. The molecule has 0 radical (unpaired) electrons. The van der Waals surface area contributed by atoms with Gasteiger partial charge in [0.25, 0.3) is 0 Å². The van der Waals surface area contributed by atoms with Crippen LogP contribution in [0, 0.1) is 0 Å². The Morgan fingerprint density at radius 2 is 1.82 bits per heavy atom. The summed E-state index contributed by atoms with van der Waals surface area (Å²) in [6.45, 7) is 2.90. The Bertz CT molecular complexity index is 338. The maximum atomic E-state index is 6.29. The molecule has 1 aromatic rings. The van der Waals surface area contributed by atoms with Crippen LogP contribution in [-0.4, -0.2) is 12.1 Å². The van der Waals surface area contributed by atoms with Gasteiger partial charge in [0.2, 0.25) is 0 Å². The number of rotatable bonds is 5. The van der Waals surface area contributed by atoms with Gasteiger partial charge in [-0.3, -0.25) is 0 Å². The largest absolute Gasteiger partial charge is 0.494 e. The lowest BCUT2D eigenvalue weighted by atomic mass is 9.95. The molecule has 0 heterocycles. The summed E-state index contributed by atoms with van der Waals surface area (Å²) in [5.74, 6) is 0.962. The van der Waals surface area contributed by atoms with Crippen LogP contribution < -0.4 is 10.5 Å². The van der Waals surface area contributed by atoms with Crippen LogP contribution in [0.25, 0.3) is 0 Å². The molecule has 0 saturated heterocycles. The van der Waals surface area contributed by atoms with E-state index in [1.54, 1.807) is 0 Å². The topological polar surface area (TPSA) is 35.2 Å². The Morgan fingerprint density at radius 1 is 1.18 bits per heavy atom. The minimum absolute atomic E-state index is 0.0450. The van der Waals surface area contributed by atoms with E-state index in [4.69, 9.17) is 10.5 Å². The summed E-state index contributed by atoms with van der Waals surface area (Å²) in [5, 5.41) is 0. The van der Waals surface area contributed by atoms with Gasteiger partial charge in [0.15, 0.2) is 0 Å². The van der Waals surface area contributed by atoms with Gasteiger partial charge in [0.05, 0.1) is 6.61 Å². The average molecular weight is 233 g/mol. The molecule has 0 aliphatic heterocycles. The summed E-state index contributed by atoms with van der Waals surface area (Å²) < 4.78 is 5.75. The first kappa shape index (κ1) is 12.4. The zero-order valence-corrected chi connectivity index (χ0v) is 10.7. The summed E-state index contributed by atoms with van der Waals surface area (Å²) in [6.07, 6.45) is 6.92. The fraction of sp³-hybridized carbons (Fsp3) is 0.600. The van der Waals surface area contributed by atoms with Crippen molar-refractivity contribution >= 4 is 0 Å². The van der Waals surface area contributed by atoms with Gasteiger partial charge in [-0.25, -0.2) is 0 Å². The number of ether oxygens (including phenoxy) is 1. The van der Waals surface area contributed by atoms with Gasteiger partial charge >= 0.3 is 0 Å². The molecule has 94 valence electrons. The lowest BCUT2D eigenvalue weighted by molar-refractivity contribution is 0.258. The van der Waals surface area contributed by atoms with Gasteiger partial charge in [-0.05, 0) is 43.4 Å². The first-order chi connectivity index (χ1) is 8.22. The van der Waals surface area contributed by atoms with Crippen molar-refractivity contribution in [3.05, 3.63) is 29.8 Å². The zero-order chi connectivity index (χ0) is 12.1. The average Bonchev–Trinajstić information content (AvgIpc) is 2.77. The van der Waals surface area contributed by atoms with Crippen molar-refractivity contribution < 1.29 is 4.74 Å². The molecule has 2 N–H and O–H groups in total. The molecule has 0 spiro atoms. The predicted octanol–water partition coefficient (Wildman–Crippen LogP) is 3.29. The van der Waals surface area contributed by atoms with Crippen molar-refractivity contribution in [1.29, 1.82) is 0 Å². The first-order valence-electron chi connectivity index (χ1n) is 6.72. The van der Waals surface area contributed by atoms with E-state index in [-0.39, 0.29) is 5.54 Å². The van der Waals surface area contributed by atoms with Gasteiger partial charge in [-0.2, -0.15) is 0 Å². The Kier molecular flexibility index (Phi) is 4.06. The monoisotopic (exact) mass is 233 g/mol. The molecule has 2 nitrogen and oxygen atoms in total. The highest BCUT2D eigenvalue weighted by Crippen LogP contribution is 2.30. The smallest absolute Gasteiger partial charge is 0.119 e. The third-order valence-electron chi connectivity index (χ3n) is 3.80. The zero-order valence-electron chi connectivity index (χ0n) is 10.7. The molecule has 2 heteroatoms. The van der Waals surface area contributed by atoms with E-state index in [1.807, 2.05) is 0 Å². The van der Waals surface area contributed by atoms with Crippen molar-refractivity contribution in [3.63, 3.8) is 0 Å². The highest BCUT2D eigenvalue weighted by molar-refractivity contribution is 5.27. The molecule has 0 aromatic heterocycles. The minimum Gasteiger partial charge on any atom is -0.494 e. The van der Waals surface area contributed by atoms with Gasteiger partial charge < -0.3 is 10.5 Å². The quantitative estimate of drug-likeness (QED) is 0.847. The Balaban J connectivity index is 1.77. The maximum absolute atomic E-state index is 6.29. The summed E-state index contributed by atoms with van der Waals surface area (Å²) in [4.78, 5) is 0. The Hall–Kier alpha value is -1.02. The van der Waals surface area contributed by atoms with Gasteiger partial charge in [-0.15, -0.1) is 0 Å². The van der Waals surface area contributed by atoms with Crippen molar-refractivity contribution in [2.45, 2.75) is 51.0 Å². The normalized spacial score (nSPS) is 18.2. The van der Waals surface area contributed by atoms with Gasteiger partial charge in [0, 0.05) is 5.54 Å². The molecule has 1 aliphatic rings. The third kappa shape index (κ3) is 3.47. The predicted molar refractivity (Wildman–Crippen MR) is 71.3 cm³/mol. The highest BCUT2D eigenvalue weighted by atomic mass is 16.5. The Labute approximate surface area is 104 Å². The van der Waals surface area contributed by atoms with Crippen molar-refractivity contribution in [3.8, 4) is 5.75 Å². The minimum atomic E-state index is 0.0450. The second kappa shape index (κ2) is 5.54. The summed E-state index contributed by atoms with van der Waals surface area (Å²) in [5.41, 5.74) is 7.68. The third-order valence-corrected chi connectivity index (χ3v) is 3.80. The first-order valence-corrected chi connectivity index (χ1v) is 6.72. The molecule has 0 unspecified atom stereocenters. The molecule has 0 amide bonds. The molecule has 17 heavy (non-hydrogen) atoms. The van der Waals surface area contributed by atoms with Crippen LogP contribution in [0.1, 0.15) is 44.6 Å². The second-order valence-electron chi connectivity index (χ2n) is 5.17. The van der Waals surface area contributed by atoms with E-state index in [0.29, 0.717) is 0 Å². The van der Waals surface area contributed by atoms with Crippen LogP contribution in [0.5, 0.6) is 5.75 Å². The standard InChI is InChI=1S/C15H23NO/c1-2-13-5-7-14(8-6-13)17-12-11-15(16)9-3-4-10-15/h5-8H,2-4,9-12,16H2,1H3. The van der Waals surface area contributed by atoms with Gasteiger partial charge in [0.1, 0.15) is 5.75 Å². The van der Waals surface area contributed by atoms with E-state index in [2.05, 4.69) is 31.2 Å². The number of aryl methyl sites for hydroxylation is 1. The van der Waals surface area contributed by atoms with Crippen LogP contribution >= 0.6 is 0 Å². The lowest BCUT2D eigenvalue weighted by Gasteiger charge is -2.23. The number of nitrogens with two attached hydrogens (primary N) is 1. The van der Waals surface area contributed by atoms with Crippen molar-refractivity contribution in [2.75, 3.05) is 6.61 Å². The van der Waals surface area contributed by atoms with Gasteiger partial charge in [-0.1, -0.05) is 31.9 Å². The summed E-state index contributed by atoms with van der Waals surface area (Å²) >= 11 is 0. The fourth-order valence-corrected chi connectivity index (χ4v) is 2.52. The molecule has 1 fully saturated rings. The fourth-order valence-electron chi connectivity index (χ4n) is 2.52. The maximum Gasteiger partial charge on any atom is 0.119 e. The second-order valence-corrected chi connectivity index (χ2v) is 5.17. The number of hydrogen-bond donors (Lipinski definition) is 1. The van der Waals surface area contributed by atoms with E-state index < -0.39 is 0 Å². The Morgan fingerprint density at radius 3 is 2.41 bits per heavy atom. The molecule has 0 bridgehead atoms. The molecule has 0 atom stereocenters. The van der Waals surface area contributed by atoms with Crippen LogP contribution in [0.2, 0.25) is 0 Å². The van der Waals surface area contributed by atoms with Crippen molar-refractivity contribution in [2.24, 2.45) is 5.73 Å².